The molecule has 0 bridgehead atoms. The van der Waals surface area contributed by atoms with E-state index in [0.29, 0.717) is 12.1 Å². The van der Waals surface area contributed by atoms with E-state index in [1.165, 1.54) is 12.1 Å². The Balaban J connectivity index is 2.17. The van der Waals surface area contributed by atoms with E-state index >= 15 is 0 Å². The van der Waals surface area contributed by atoms with E-state index < -0.39 is 15.8 Å². The lowest BCUT2D eigenvalue weighted by Gasteiger charge is -2.23. The van der Waals surface area contributed by atoms with Crippen molar-refractivity contribution in [3.05, 3.63) is 29.6 Å². The first-order chi connectivity index (χ1) is 9.36. The van der Waals surface area contributed by atoms with Gasteiger partial charge in [-0.2, -0.15) is 0 Å². The number of nitrogens with one attached hydrogen (secondary N) is 1. The van der Waals surface area contributed by atoms with Gasteiger partial charge in [0.15, 0.2) is 0 Å². The standard InChI is InChI=1S/C14H21FN2O2S/c1-14(6-2-3-7-14)10-17-20(18,19)13-8-11(9-16)4-5-12(13)15/h4-5,8,17H,2-3,6-7,9-10,16H2,1H3. The molecule has 0 atom stereocenters. The molecular weight excluding hydrogens is 279 g/mol. The van der Waals surface area contributed by atoms with Crippen LogP contribution in [0, 0.1) is 11.2 Å². The van der Waals surface area contributed by atoms with Crippen molar-refractivity contribution >= 4 is 10.0 Å². The van der Waals surface area contributed by atoms with Crippen LogP contribution in [0.15, 0.2) is 23.1 Å². The van der Waals surface area contributed by atoms with Gasteiger partial charge in [0.2, 0.25) is 10.0 Å². The van der Waals surface area contributed by atoms with Gasteiger partial charge in [0.25, 0.3) is 0 Å². The highest BCUT2D eigenvalue weighted by Crippen LogP contribution is 2.37. The number of nitrogens with two attached hydrogens (primary N) is 1. The van der Waals surface area contributed by atoms with Crippen molar-refractivity contribution in [3.63, 3.8) is 0 Å². The van der Waals surface area contributed by atoms with Crippen LogP contribution in [0.3, 0.4) is 0 Å². The van der Waals surface area contributed by atoms with Crippen LogP contribution in [-0.2, 0) is 16.6 Å². The van der Waals surface area contributed by atoms with E-state index in [-0.39, 0.29) is 16.9 Å². The maximum atomic E-state index is 13.7. The Kier molecular flexibility index (Phi) is 4.46. The lowest BCUT2D eigenvalue weighted by Crippen LogP contribution is -2.34. The van der Waals surface area contributed by atoms with Crippen LogP contribution in [0.4, 0.5) is 4.39 Å². The van der Waals surface area contributed by atoms with Crippen molar-refractivity contribution in [2.75, 3.05) is 6.54 Å². The van der Waals surface area contributed by atoms with Gasteiger partial charge in [0, 0.05) is 13.1 Å². The largest absolute Gasteiger partial charge is 0.326 e. The molecule has 0 amide bonds. The summed E-state index contributed by atoms with van der Waals surface area (Å²) in [5.41, 5.74) is 6.05. The molecule has 0 saturated heterocycles. The topological polar surface area (TPSA) is 72.2 Å². The summed E-state index contributed by atoms with van der Waals surface area (Å²) in [5, 5.41) is 0. The van der Waals surface area contributed by atoms with Crippen LogP contribution in [0.5, 0.6) is 0 Å². The molecule has 0 unspecified atom stereocenters. The van der Waals surface area contributed by atoms with Gasteiger partial charge in [-0.05, 0) is 36.0 Å². The van der Waals surface area contributed by atoms with Crippen LogP contribution in [0.1, 0.15) is 38.2 Å². The molecule has 1 aromatic carbocycles. The van der Waals surface area contributed by atoms with Gasteiger partial charge in [-0.3, -0.25) is 0 Å². The quantitative estimate of drug-likeness (QED) is 0.875. The summed E-state index contributed by atoms with van der Waals surface area (Å²) in [7, 11) is -3.83. The van der Waals surface area contributed by atoms with Gasteiger partial charge < -0.3 is 5.73 Å². The molecule has 2 rings (SSSR count). The number of rotatable bonds is 5. The maximum Gasteiger partial charge on any atom is 0.243 e. The highest BCUT2D eigenvalue weighted by atomic mass is 32.2. The van der Waals surface area contributed by atoms with Crippen molar-refractivity contribution in [3.8, 4) is 0 Å². The monoisotopic (exact) mass is 300 g/mol. The zero-order valence-electron chi connectivity index (χ0n) is 11.7. The molecule has 20 heavy (non-hydrogen) atoms. The Bertz CT molecular complexity index is 581. The number of hydrogen-bond acceptors (Lipinski definition) is 3. The molecule has 4 nitrogen and oxygen atoms in total. The molecule has 3 N–H and O–H groups in total. The van der Waals surface area contributed by atoms with Crippen LogP contribution < -0.4 is 10.5 Å². The van der Waals surface area contributed by atoms with Gasteiger partial charge in [-0.1, -0.05) is 25.8 Å². The third-order valence-electron chi connectivity index (χ3n) is 4.02. The minimum atomic E-state index is -3.83. The molecule has 1 aliphatic rings. The molecule has 1 saturated carbocycles. The number of sulfonamides is 1. The van der Waals surface area contributed by atoms with Crippen molar-refractivity contribution < 1.29 is 12.8 Å². The first-order valence-electron chi connectivity index (χ1n) is 6.84. The highest BCUT2D eigenvalue weighted by molar-refractivity contribution is 7.89. The molecule has 1 aliphatic carbocycles. The predicted molar refractivity (Wildman–Crippen MR) is 76.1 cm³/mol. The van der Waals surface area contributed by atoms with E-state index in [9.17, 15) is 12.8 Å². The second kappa shape index (κ2) is 5.79. The third kappa shape index (κ3) is 3.37. The van der Waals surface area contributed by atoms with Crippen LogP contribution in [-0.4, -0.2) is 15.0 Å². The zero-order chi connectivity index (χ0) is 14.8. The van der Waals surface area contributed by atoms with Crippen molar-refractivity contribution in [1.82, 2.24) is 4.72 Å². The SMILES string of the molecule is CC1(CNS(=O)(=O)c2cc(CN)ccc2F)CCCC1. The lowest BCUT2D eigenvalue weighted by molar-refractivity contribution is 0.336. The fourth-order valence-corrected chi connectivity index (χ4v) is 3.96. The van der Waals surface area contributed by atoms with Crippen LogP contribution >= 0.6 is 0 Å². The van der Waals surface area contributed by atoms with Crippen molar-refractivity contribution in [2.24, 2.45) is 11.1 Å². The second-order valence-electron chi connectivity index (χ2n) is 5.81. The summed E-state index contributed by atoms with van der Waals surface area (Å²) < 4.78 is 40.7. The maximum absolute atomic E-state index is 13.7. The smallest absolute Gasteiger partial charge is 0.243 e. The lowest BCUT2D eigenvalue weighted by atomic mass is 9.89. The fraction of sp³-hybridized carbons (Fsp3) is 0.571. The Hall–Kier alpha value is -0.980. The molecule has 1 fully saturated rings. The average Bonchev–Trinajstić information content (AvgIpc) is 2.85. The molecule has 0 aliphatic heterocycles. The third-order valence-corrected chi connectivity index (χ3v) is 5.44. The summed E-state index contributed by atoms with van der Waals surface area (Å²) in [4.78, 5) is -0.318. The summed E-state index contributed by atoms with van der Waals surface area (Å²) in [5.74, 6) is -0.744. The molecule has 1 aromatic rings. The van der Waals surface area contributed by atoms with Crippen LogP contribution in [0.25, 0.3) is 0 Å². The molecular formula is C14H21FN2O2S. The van der Waals surface area contributed by atoms with Crippen molar-refractivity contribution in [1.29, 1.82) is 0 Å². The van der Waals surface area contributed by atoms with E-state index in [4.69, 9.17) is 5.73 Å². The number of halogens is 1. The molecule has 0 aromatic heterocycles. The van der Waals surface area contributed by atoms with Gasteiger partial charge in [-0.25, -0.2) is 17.5 Å². The molecule has 6 heteroatoms. The van der Waals surface area contributed by atoms with Crippen molar-refractivity contribution in [2.45, 2.75) is 44.0 Å². The minimum absolute atomic E-state index is 0.0188. The molecule has 0 spiro atoms. The van der Waals surface area contributed by atoms with E-state index in [0.717, 1.165) is 31.7 Å². The Labute approximate surface area is 119 Å². The average molecular weight is 300 g/mol. The highest BCUT2D eigenvalue weighted by Gasteiger charge is 2.31. The predicted octanol–water partition coefficient (Wildman–Crippen LogP) is 2.14. The normalized spacial score (nSPS) is 18.4. The first kappa shape index (κ1) is 15.4. The number of benzene rings is 1. The first-order valence-corrected chi connectivity index (χ1v) is 8.33. The molecule has 112 valence electrons. The Morgan fingerprint density at radius 2 is 2.00 bits per heavy atom. The van der Waals surface area contributed by atoms with Gasteiger partial charge in [0.1, 0.15) is 10.7 Å². The second-order valence-corrected chi connectivity index (χ2v) is 7.55. The zero-order valence-corrected chi connectivity index (χ0v) is 12.5. The fourth-order valence-electron chi connectivity index (χ4n) is 2.63. The molecule has 0 radical (unpaired) electrons. The summed E-state index contributed by atoms with van der Waals surface area (Å²) >= 11 is 0. The van der Waals surface area contributed by atoms with E-state index in [2.05, 4.69) is 11.6 Å². The summed E-state index contributed by atoms with van der Waals surface area (Å²) in [6.07, 6.45) is 4.24. The Morgan fingerprint density at radius 1 is 1.35 bits per heavy atom. The van der Waals surface area contributed by atoms with E-state index in [1.807, 2.05) is 0 Å². The van der Waals surface area contributed by atoms with Gasteiger partial charge >= 0.3 is 0 Å². The summed E-state index contributed by atoms with van der Waals surface area (Å²) in [6.45, 7) is 2.59. The number of hydrogen-bond donors (Lipinski definition) is 2. The van der Waals surface area contributed by atoms with E-state index in [1.54, 1.807) is 0 Å². The van der Waals surface area contributed by atoms with Gasteiger partial charge in [0.05, 0.1) is 0 Å². The minimum Gasteiger partial charge on any atom is -0.326 e. The van der Waals surface area contributed by atoms with Crippen LogP contribution in [0.2, 0.25) is 0 Å². The summed E-state index contributed by atoms with van der Waals surface area (Å²) in [6, 6.07) is 3.94. The Morgan fingerprint density at radius 3 is 2.60 bits per heavy atom. The molecule has 0 heterocycles. The van der Waals surface area contributed by atoms with Gasteiger partial charge in [-0.15, -0.1) is 0 Å².